The molecule has 2 rings (SSSR count). The van der Waals surface area contributed by atoms with Gasteiger partial charge in [0.25, 0.3) is 0 Å². The van der Waals surface area contributed by atoms with Gasteiger partial charge in [0, 0.05) is 5.56 Å². The molecule has 1 N–H and O–H groups in total. The van der Waals surface area contributed by atoms with Gasteiger partial charge in [-0.1, -0.05) is 26.0 Å². The number of carbonyl (C=O) groups is 1. The average Bonchev–Trinajstić information content (AvgIpc) is 2.84. The number of carboxylic acid groups (broad SMARTS) is 1. The SMILES string of the molecule is Cc1ccc(C(C)C)c(OCc2ccsc2C(=O)O)c1. The Morgan fingerprint density at radius 2 is 2.10 bits per heavy atom. The van der Waals surface area contributed by atoms with E-state index in [1.54, 1.807) is 11.4 Å². The molecular weight excluding hydrogens is 272 g/mol. The molecule has 0 saturated heterocycles. The van der Waals surface area contributed by atoms with Gasteiger partial charge >= 0.3 is 5.97 Å². The van der Waals surface area contributed by atoms with Gasteiger partial charge in [-0.3, -0.25) is 0 Å². The Hall–Kier alpha value is -1.81. The molecule has 106 valence electrons. The van der Waals surface area contributed by atoms with Crippen molar-refractivity contribution in [2.24, 2.45) is 0 Å². The molecule has 0 bridgehead atoms. The van der Waals surface area contributed by atoms with Crippen molar-refractivity contribution < 1.29 is 14.6 Å². The zero-order chi connectivity index (χ0) is 14.7. The zero-order valence-electron chi connectivity index (χ0n) is 11.8. The molecule has 0 aliphatic heterocycles. The first-order chi connectivity index (χ1) is 9.49. The van der Waals surface area contributed by atoms with Gasteiger partial charge in [-0.05, 0) is 41.5 Å². The van der Waals surface area contributed by atoms with E-state index in [1.165, 1.54) is 11.3 Å². The van der Waals surface area contributed by atoms with Crippen LogP contribution in [0.1, 0.15) is 46.1 Å². The Morgan fingerprint density at radius 1 is 1.35 bits per heavy atom. The molecule has 0 radical (unpaired) electrons. The topological polar surface area (TPSA) is 46.5 Å². The molecule has 1 aromatic heterocycles. The molecule has 3 nitrogen and oxygen atoms in total. The minimum absolute atomic E-state index is 0.286. The van der Waals surface area contributed by atoms with Gasteiger partial charge in [-0.2, -0.15) is 0 Å². The number of hydrogen-bond donors (Lipinski definition) is 1. The molecule has 1 aromatic carbocycles. The summed E-state index contributed by atoms with van der Waals surface area (Å²) in [6.07, 6.45) is 0. The molecule has 1 heterocycles. The van der Waals surface area contributed by atoms with Crippen molar-refractivity contribution >= 4 is 17.3 Å². The Labute approximate surface area is 122 Å². The van der Waals surface area contributed by atoms with Crippen molar-refractivity contribution in [2.75, 3.05) is 0 Å². The highest BCUT2D eigenvalue weighted by molar-refractivity contribution is 7.12. The third kappa shape index (κ3) is 3.20. The number of benzene rings is 1. The summed E-state index contributed by atoms with van der Waals surface area (Å²) in [5.41, 5.74) is 2.99. The second kappa shape index (κ2) is 6.09. The van der Waals surface area contributed by atoms with Crippen LogP contribution in [0.15, 0.2) is 29.6 Å². The number of rotatable bonds is 5. The Kier molecular flexibility index (Phi) is 4.45. The number of hydrogen-bond acceptors (Lipinski definition) is 3. The lowest BCUT2D eigenvalue weighted by molar-refractivity contribution is 0.0699. The molecule has 4 heteroatoms. The Balaban J connectivity index is 2.20. The number of carboxylic acids is 1. The smallest absolute Gasteiger partial charge is 0.346 e. The van der Waals surface area contributed by atoms with E-state index < -0.39 is 5.97 Å². The van der Waals surface area contributed by atoms with Gasteiger partial charge in [0.05, 0.1) is 0 Å². The molecule has 0 fully saturated rings. The first-order valence-electron chi connectivity index (χ1n) is 6.52. The van der Waals surface area contributed by atoms with E-state index in [1.807, 2.05) is 13.0 Å². The Bertz CT molecular complexity index is 614. The van der Waals surface area contributed by atoms with Crippen LogP contribution in [0.2, 0.25) is 0 Å². The highest BCUT2D eigenvalue weighted by atomic mass is 32.1. The summed E-state index contributed by atoms with van der Waals surface area (Å²) < 4.78 is 5.86. The van der Waals surface area contributed by atoms with Crippen molar-refractivity contribution in [1.29, 1.82) is 0 Å². The fourth-order valence-corrected chi connectivity index (χ4v) is 2.78. The summed E-state index contributed by atoms with van der Waals surface area (Å²) in [5.74, 6) is 0.307. The lowest BCUT2D eigenvalue weighted by Gasteiger charge is -2.14. The van der Waals surface area contributed by atoms with Crippen molar-refractivity contribution in [3.05, 3.63) is 51.2 Å². The summed E-state index contributed by atoms with van der Waals surface area (Å²) in [4.78, 5) is 11.4. The summed E-state index contributed by atoms with van der Waals surface area (Å²) >= 11 is 1.23. The Morgan fingerprint density at radius 3 is 2.75 bits per heavy atom. The van der Waals surface area contributed by atoms with Crippen LogP contribution in [0.25, 0.3) is 0 Å². The van der Waals surface area contributed by atoms with Crippen LogP contribution in [-0.4, -0.2) is 11.1 Å². The van der Waals surface area contributed by atoms with Crippen molar-refractivity contribution in [1.82, 2.24) is 0 Å². The van der Waals surface area contributed by atoms with Crippen LogP contribution in [0.5, 0.6) is 5.75 Å². The maximum absolute atomic E-state index is 11.1. The third-order valence-corrected chi connectivity index (χ3v) is 4.06. The van der Waals surface area contributed by atoms with Crippen molar-refractivity contribution in [3.63, 3.8) is 0 Å². The van der Waals surface area contributed by atoms with Crippen LogP contribution in [0.4, 0.5) is 0 Å². The van der Waals surface area contributed by atoms with Crippen molar-refractivity contribution in [3.8, 4) is 5.75 Å². The minimum Gasteiger partial charge on any atom is -0.489 e. The highest BCUT2D eigenvalue weighted by Crippen LogP contribution is 2.29. The largest absolute Gasteiger partial charge is 0.489 e. The molecule has 0 spiro atoms. The van der Waals surface area contributed by atoms with E-state index in [-0.39, 0.29) is 6.61 Å². The van der Waals surface area contributed by atoms with E-state index in [0.717, 1.165) is 22.4 Å². The van der Waals surface area contributed by atoms with Gasteiger partial charge in [0.15, 0.2) is 0 Å². The van der Waals surface area contributed by atoms with Gasteiger partial charge in [0.2, 0.25) is 0 Å². The van der Waals surface area contributed by atoms with E-state index in [4.69, 9.17) is 9.84 Å². The van der Waals surface area contributed by atoms with Crippen LogP contribution >= 0.6 is 11.3 Å². The average molecular weight is 290 g/mol. The zero-order valence-corrected chi connectivity index (χ0v) is 12.7. The number of aryl methyl sites for hydroxylation is 1. The van der Waals surface area contributed by atoms with Crippen molar-refractivity contribution in [2.45, 2.75) is 33.3 Å². The summed E-state index contributed by atoms with van der Waals surface area (Å²) in [7, 11) is 0. The summed E-state index contributed by atoms with van der Waals surface area (Å²) in [5, 5.41) is 10.9. The highest BCUT2D eigenvalue weighted by Gasteiger charge is 2.13. The third-order valence-electron chi connectivity index (χ3n) is 3.12. The fraction of sp³-hybridized carbons (Fsp3) is 0.312. The van der Waals surface area contributed by atoms with Crippen LogP contribution in [-0.2, 0) is 6.61 Å². The predicted molar refractivity (Wildman–Crippen MR) is 80.9 cm³/mol. The van der Waals surface area contributed by atoms with Crippen LogP contribution in [0, 0.1) is 6.92 Å². The predicted octanol–water partition coefficient (Wildman–Crippen LogP) is 4.46. The molecule has 0 amide bonds. The van der Waals surface area contributed by atoms with Crippen LogP contribution in [0.3, 0.4) is 0 Å². The maximum Gasteiger partial charge on any atom is 0.346 e. The fourth-order valence-electron chi connectivity index (χ4n) is 2.04. The molecule has 0 aliphatic rings. The molecule has 20 heavy (non-hydrogen) atoms. The molecule has 0 atom stereocenters. The van der Waals surface area contributed by atoms with Gasteiger partial charge in [0.1, 0.15) is 17.2 Å². The molecular formula is C16H18O3S. The van der Waals surface area contributed by atoms with E-state index in [0.29, 0.717) is 10.8 Å². The molecule has 0 unspecified atom stereocenters. The lowest BCUT2D eigenvalue weighted by Crippen LogP contribution is -2.04. The normalized spacial score (nSPS) is 10.8. The van der Waals surface area contributed by atoms with Gasteiger partial charge in [-0.25, -0.2) is 4.79 Å². The molecule has 0 saturated carbocycles. The van der Waals surface area contributed by atoms with E-state index in [2.05, 4.69) is 26.0 Å². The van der Waals surface area contributed by atoms with Gasteiger partial charge < -0.3 is 9.84 Å². The maximum atomic E-state index is 11.1. The summed E-state index contributed by atoms with van der Waals surface area (Å²) in [6, 6.07) is 7.94. The first kappa shape index (κ1) is 14.6. The van der Waals surface area contributed by atoms with Crippen LogP contribution < -0.4 is 4.74 Å². The standard InChI is InChI=1S/C16H18O3S/c1-10(2)13-5-4-11(3)8-14(13)19-9-12-6-7-20-15(12)16(17)18/h4-8,10H,9H2,1-3H3,(H,17,18). The van der Waals surface area contributed by atoms with E-state index >= 15 is 0 Å². The quantitative estimate of drug-likeness (QED) is 0.884. The van der Waals surface area contributed by atoms with Gasteiger partial charge in [-0.15, -0.1) is 11.3 Å². The lowest BCUT2D eigenvalue weighted by atomic mass is 10.0. The minimum atomic E-state index is -0.896. The summed E-state index contributed by atoms with van der Waals surface area (Å²) in [6.45, 7) is 6.54. The number of ether oxygens (including phenoxy) is 1. The first-order valence-corrected chi connectivity index (χ1v) is 7.40. The molecule has 0 aliphatic carbocycles. The number of aromatic carboxylic acids is 1. The second-order valence-corrected chi connectivity index (χ2v) is 5.98. The molecule has 2 aromatic rings. The monoisotopic (exact) mass is 290 g/mol. The second-order valence-electron chi connectivity index (χ2n) is 5.06. The van der Waals surface area contributed by atoms with E-state index in [9.17, 15) is 4.79 Å². The number of thiophene rings is 1.